The summed E-state index contributed by atoms with van der Waals surface area (Å²) in [6.45, 7) is 4.82. The van der Waals surface area contributed by atoms with Crippen LogP contribution in [0.1, 0.15) is 25.3 Å². The molecule has 1 aliphatic heterocycles. The predicted molar refractivity (Wildman–Crippen MR) is 88.9 cm³/mol. The van der Waals surface area contributed by atoms with Crippen LogP contribution >= 0.6 is 12.4 Å². The average Bonchev–Trinajstić information content (AvgIpc) is 2.54. The second-order valence-electron chi connectivity index (χ2n) is 5.18. The van der Waals surface area contributed by atoms with E-state index in [0.717, 1.165) is 31.5 Å². The van der Waals surface area contributed by atoms with Crippen molar-refractivity contribution in [3.05, 3.63) is 23.8 Å². The van der Waals surface area contributed by atoms with E-state index in [4.69, 9.17) is 9.47 Å². The van der Waals surface area contributed by atoms with Crippen molar-refractivity contribution in [1.82, 2.24) is 10.6 Å². The molecule has 1 unspecified atom stereocenters. The van der Waals surface area contributed by atoms with Crippen LogP contribution in [-0.2, 0) is 11.3 Å². The maximum atomic E-state index is 12.1. The quantitative estimate of drug-likeness (QED) is 0.840. The molecular formula is C16H25ClN2O3. The fourth-order valence-corrected chi connectivity index (χ4v) is 2.51. The molecule has 1 saturated heterocycles. The van der Waals surface area contributed by atoms with Gasteiger partial charge in [0.15, 0.2) is 11.5 Å². The third-order valence-electron chi connectivity index (χ3n) is 3.66. The maximum Gasteiger partial charge on any atom is 0.224 e. The molecule has 1 aromatic rings. The van der Waals surface area contributed by atoms with Crippen molar-refractivity contribution in [2.75, 3.05) is 26.8 Å². The maximum absolute atomic E-state index is 12.1. The number of rotatable bonds is 6. The number of amides is 1. The molecule has 0 spiro atoms. The lowest BCUT2D eigenvalue weighted by atomic mass is 9.99. The normalized spacial score (nSPS) is 17.3. The molecule has 1 fully saturated rings. The van der Waals surface area contributed by atoms with Crippen LogP contribution in [0.25, 0.3) is 0 Å². The van der Waals surface area contributed by atoms with Crippen molar-refractivity contribution >= 4 is 18.3 Å². The topological polar surface area (TPSA) is 59.6 Å². The van der Waals surface area contributed by atoms with Gasteiger partial charge in [0, 0.05) is 13.1 Å². The summed E-state index contributed by atoms with van der Waals surface area (Å²) in [6, 6.07) is 5.73. The Balaban J connectivity index is 0.00000242. The lowest BCUT2D eigenvalue weighted by Gasteiger charge is -2.22. The first-order valence-electron chi connectivity index (χ1n) is 7.52. The van der Waals surface area contributed by atoms with Crippen LogP contribution in [0.4, 0.5) is 0 Å². The summed E-state index contributed by atoms with van der Waals surface area (Å²) in [5, 5.41) is 6.26. The van der Waals surface area contributed by atoms with Crippen molar-refractivity contribution in [2.45, 2.75) is 26.3 Å². The smallest absolute Gasteiger partial charge is 0.224 e. The molecule has 22 heavy (non-hydrogen) atoms. The summed E-state index contributed by atoms with van der Waals surface area (Å²) >= 11 is 0. The average molecular weight is 329 g/mol. The van der Waals surface area contributed by atoms with Gasteiger partial charge in [-0.25, -0.2) is 0 Å². The molecule has 1 aliphatic rings. The van der Waals surface area contributed by atoms with Gasteiger partial charge in [0.2, 0.25) is 5.91 Å². The molecule has 1 aromatic carbocycles. The van der Waals surface area contributed by atoms with Gasteiger partial charge in [-0.3, -0.25) is 4.79 Å². The second kappa shape index (κ2) is 9.54. The summed E-state index contributed by atoms with van der Waals surface area (Å²) in [4.78, 5) is 12.1. The van der Waals surface area contributed by atoms with Crippen LogP contribution in [-0.4, -0.2) is 32.7 Å². The summed E-state index contributed by atoms with van der Waals surface area (Å²) in [7, 11) is 1.62. The Morgan fingerprint density at radius 3 is 2.86 bits per heavy atom. The van der Waals surface area contributed by atoms with E-state index in [1.54, 1.807) is 7.11 Å². The van der Waals surface area contributed by atoms with Crippen molar-refractivity contribution < 1.29 is 14.3 Å². The number of nitrogens with one attached hydrogen (secondary N) is 2. The molecule has 0 aliphatic carbocycles. The Morgan fingerprint density at radius 1 is 1.41 bits per heavy atom. The number of carbonyl (C=O) groups excluding carboxylic acids is 1. The monoisotopic (exact) mass is 328 g/mol. The van der Waals surface area contributed by atoms with Gasteiger partial charge in [0.05, 0.1) is 19.6 Å². The van der Waals surface area contributed by atoms with E-state index in [0.29, 0.717) is 24.7 Å². The van der Waals surface area contributed by atoms with Crippen molar-refractivity contribution in [3.8, 4) is 11.5 Å². The van der Waals surface area contributed by atoms with Gasteiger partial charge in [-0.05, 0) is 44.0 Å². The van der Waals surface area contributed by atoms with E-state index in [2.05, 4.69) is 10.6 Å². The lowest BCUT2D eigenvalue weighted by Crippen LogP contribution is -2.40. The second-order valence-corrected chi connectivity index (χ2v) is 5.18. The Morgan fingerprint density at radius 2 is 2.23 bits per heavy atom. The van der Waals surface area contributed by atoms with Gasteiger partial charge >= 0.3 is 0 Å². The Labute approximate surface area is 138 Å². The number of hydrogen-bond acceptors (Lipinski definition) is 4. The van der Waals surface area contributed by atoms with Crippen molar-refractivity contribution in [2.24, 2.45) is 5.92 Å². The molecule has 1 atom stereocenters. The molecule has 0 aromatic heterocycles. The van der Waals surface area contributed by atoms with Crippen LogP contribution in [0.15, 0.2) is 18.2 Å². The first kappa shape index (κ1) is 18.6. The fourth-order valence-electron chi connectivity index (χ4n) is 2.51. The van der Waals surface area contributed by atoms with Crippen LogP contribution in [0.5, 0.6) is 11.5 Å². The third kappa shape index (κ3) is 5.07. The third-order valence-corrected chi connectivity index (χ3v) is 3.66. The zero-order valence-corrected chi connectivity index (χ0v) is 14.0. The molecule has 1 amide bonds. The zero-order valence-electron chi connectivity index (χ0n) is 13.2. The Kier molecular flexibility index (Phi) is 8.06. The molecule has 2 N–H and O–H groups in total. The first-order chi connectivity index (χ1) is 10.2. The highest BCUT2D eigenvalue weighted by Gasteiger charge is 2.20. The highest BCUT2D eigenvalue weighted by molar-refractivity contribution is 5.85. The molecule has 0 saturated carbocycles. The lowest BCUT2D eigenvalue weighted by molar-refractivity contribution is -0.125. The van der Waals surface area contributed by atoms with Crippen molar-refractivity contribution in [3.63, 3.8) is 0 Å². The van der Waals surface area contributed by atoms with Crippen molar-refractivity contribution in [1.29, 1.82) is 0 Å². The van der Waals surface area contributed by atoms with E-state index in [9.17, 15) is 4.79 Å². The van der Waals surface area contributed by atoms with Gasteiger partial charge in [-0.15, -0.1) is 12.4 Å². The Hall–Kier alpha value is -1.46. The van der Waals surface area contributed by atoms with Gasteiger partial charge < -0.3 is 20.1 Å². The zero-order chi connectivity index (χ0) is 15.1. The summed E-state index contributed by atoms with van der Waals surface area (Å²) in [6.07, 6.45) is 2.03. The number of piperidine rings is 1. The predicted octanol–water partition coefficient (Wildman–Crippen LogP) is 2.13. The molecule has 124 valence electrons. The van der Waals surface area contributed by atoms with E-state index < -0.39 is 0 Å². The van der Waals surface area contributed by atoms with E-state index in [1.807, 2.05) is 25.1 Å². The van der Waals surface area contributed by atoms with Gasteiger partial charge in [-0.1, -0.05) is 6.07 Å². The Bertz CT molecular complexity index is 476. The first-order valence-corrected chi connectivity index (χ1v) is 7.52. The minimum Gasteiger partial charge on any atom is -0.493 e. The number of carbonyl (C=O) groups is 1. The van der Waals surface area contributed by atoms with Crippen LogP contribution in [0.3, 0.4) is 0 Å². The van der Waals surface area contributed by atoms with Crippen LogP contribution in [0.2, 0.25) is 0 Å². The molecular weight excluding hydrogens is 304 g/mol. The molecule has 5 nitrogen and oxygen atoms in total. The van der Waals surface area contributed by atoms with Crippen LogP contribution in [0, 0.1) is 5.92 Å². The number of halogens is 1. The molecule has 1 heterocycles. The highest BCUT2D eigenvalue weighted by atomic mass is 35.5. The summed E-state index contributed by atoms with van der Waals surface area (Å²) in [5.74, 6) is 1.63. The molecule has 6 heteroatoms. The minimum absolute atomic E-state index is 0. The molecule has 0 radical (unpaired) electrons. The summed E-state index contributed by atoms with van der Waals surface area (Å²) in [5.41, 5.74) is 1.01. The van der Waals surface area contributed by atoms with E-state index in [1.165, 1.54) is 0 Å². The molecule has 0 bridgehead atoms. The fraction of sp³-hybridized carbons (Fsp3) is 0.562. The highest BCUT2D eigenvalue weighted by Crippen LogP contribution is 2.28. The largest absolute Gasteiger partial charge is 0.493 e. The standard InChI is InChI=1S/C16H24N2O3.ClH/c1-3-21-15-9-12(6-7-14(15)20-2)10-18-16(19)13-5-4-8-17-11-13;/h6-7,9,13,17H,3-5,8,10-11H2,1-2H3,(H,18,19);1H. The van der Waals surface area contributed by atoms with Gasteiger partial charge in [-0.2, -0.15) is 0 Å². The summed E-state index contributed by atoms with van der Waals surface area (Å²) < 4.78 is 10.8. The minimum atomic E-state index is 0. The number of hydrogen-bond donors (Lipinski definition) is 2. The van der Waals surface area contributed by atoms with E-state index >= 15 is 0 Å². The molecule has 2 rings (SSSR count). The van der Waals surface area contributed by atoms with Crippen LogP contribution < -0.4 is 20.1 Å². The number of ether oxygens (including phenoxy) is 2. The SMILES string of the molecule is CCOc1cc(CNC(=O)C2CCCNC2)ccc1OC.Cl. The van der Waals surface area contributed by atoms with Gasteiger partial charge in [0.1, 0.15) is 0 Å². The number of benzene rings is 1. The van der Waals surface area contributed by atoms with Gasteiger partial charge in [0.25, 0.3) is 0 Å². The van der Waals surface area contributed by atoms with E-state index in [-0.39, 0.29) is 24.2 Å². The number of methoxy groups -OCH3 is 1.